The van der Waals surface area contributed by atoms with Crippen LogP contribution in [0.1, 0.15) is 10.5 Å². The number of hydrogen-bond donors (Lipinski definition) is 2. The van der Waals surface area contributed by atoms with E-state index in [2.05, 4.69) is 4.98 Å². The first kappa shape index (κ1) is 12.2. The third-order valence-corrected chi connectivity index (χ3v) is 3.70. The third-order valence-electron chi connectivity index (χ3n) is 2.03. The summed E-state index contributed by atoms with van der Waals surface area (Å²) in [6.07, 6.45) is 0. The Morgan fingerprint density at radius 2 is 2.06 bits per heavy atom. The zero-order chi connectivity index (χ0) is 12.6. The molecule has 88 valence electrons. The van der Waals surface area contributed by atoms with Crippen LogP contribution in [0.3, 0.4) is 0 Å². The molecule has 0 saturated carbocycles. The van der Waals surface area contributed by atoms with Gasteiger partial charge in [-0.25, -0.2) is 9.78 Å². The monoisotopic (exact) mass is 288 g/mol. The Bertz CT molecular complexity index is 598. The molecule has 0 aliphatic rings. The number of aromatic nitrogens is 1. The smallest absolute Gasteiger partial charge is 0.356 e. The Morgan fingerprint density at radius 3 is 2.65 bits per heavy atom. The highest BCUT2D eigenvalue weighted by Crippen LogP contribution is 2.35. The van der Waals surface area contributed by atoms with Crippen molar-refractivity contribution in [3.05, 3.63) is 33.9 Å². The van der Waals surface area contributed by atoms with E-state index in [0.717, 1.165) is 11.3 Å². The number of nitrogens with zero attached hydrogens (tertiary/aromatic N) is 1. The van der Waals surface area contributed by atoms with Gasteiger partial charge >= 0.3 is 5.97 Å². The van der Waals surface area contributed by atoms with Crippen molar-refractivity contribution < 1.29 is 9.90 Å². The standard InChI is InChI=1S/C10H6Cl2N2O2S/c11-5-2-1-4(3-6(5)12)8-7(9(15)16)14-10(13)17-8/h1-3H,(H2,13,14)(H,15,16). The molecule has 2 rings (SSSR count). The predicted molar refractivity (Wildman–Crippen MR) is 68.9 cm³/mol. The summed E-state index contributed by atoms with van der Waals surface area (Å²) in [7, 11) is 0. The normalized spacial score (nSPS) is 10.5. The summed E-state index contributed by atoms with van der Waals surface area (Å²) in [5, 5.41) is 9.95. The fraction of sp³-hybridized carbons (Fsp3) is 0. The number of benzene rings is 1. The van der Waals surface area contributed by atoms with Gasteiger partial charge in [0.15, 0.2) is 10.8 Å². The Morgan fingerprint density at radius 1 is 1.35 bits per heavy atom. The van der Waals surface area contributed by atoms with Crippen LogP contribution in [0.4, 0.5) is 5.13 Å². The maximum Gasteiger partial charge on any atom is 0.356 e. The quantitative estimate of drug-likeness (QED) is 0.888. The van der Waals surface area contributed by atoms with Crippen LogP contribution in [0, 0.1) is 0 Å². The first-order valence-corrected chi connectivity index (χ1v) is 6.01. The third kappa shape index (κ3) is 2.36. The van der Waals surface area contributed by atoms with Crippen molar-refractivity contribution >= 4 is 45.6 Å². The van der Waals surface area contributed by atoms with E-state index in [1.165, 1.54) is 0 Å². The van der Waals surface area contributed by atoms with Gasteiger partial charge in [0.2, 0.25) is 0 Å². The summed E-state index contributed by atoms with van der Waals surface area (Å²) < 4.78 is 0. The van der Waals surface area contributed by atoms with Crippen LogP contribution in [0.25, 0.3) is 10.4 Å². The highest BCUT2D eigenvalue weighted by molar-refractivity contribution is 7.19. The summed E-state index contributed by atoms with van der Waals surface area (Å²) in [5.41, 5.74) is 6.06. The van der Waals surface area contributed by atoms with Crippen molar-refractivity contribution in [3.8, 4) is 10.4 Å². The molecule has 17 heavy (non-hydrogen) atoms. The number of hydrogen-bond acceptors (Lipinski definition) is 4. The first-order chi connectivity index (χ1) is 7.99. The van der Waals surface area contributed by atoms with Crippen LogP contribution in [0.15, 0.2) is 18.2 Å². The number of carboxylic acids is 1. The van der Waals surface area contributed by atoms with Gasteiger partial charge in [-0.05, 0) is 17.7 Å². The van der Waals surface area contributed by atoms with E-state index in [-0.39, 0.29) is 10.8 Å². The summed E-state index contributed by atoms with van der Waals surface area (Å²) in [6, 6.07) is 4.86. The van der Waals surface area contributed by atoms with Crippen LogP contribution >= 0.6 is 34.5 Å². The zero-order valence-electron chi connectivity index (χ0n) is 8.28. The van der Waals surface area contributed by atoms with Crippen molar-refractivity contribution in [2.45, 2.75) is 0 Å². The van der Waals surface area contributed by atoms with Gasteiger partial charge in [0.05, 0.1) is 14.9 Å². The Kier molecular flexibility index (Phi) is 3.24. The number of nitrogen functional groups attached to an aromatic ring is 1. The van der Waals surface area contributed by atoms with Crippen molar-refractivity contribution in [2.75, 3.05) is 5.73 Å². The maximum atomic E-state index is 11.0. The van der Waals surface area contributed by atoms with E-state index in [9.17, 15) is 4.79 Å². The highest BCUT2D eigenvalue weighted by Gasteiger charge is 2.18. The minimum absolute atomic E-state index is 0.0779. The fourth-order valence-corrected chi connectivity index (χ4v) is 2.43. The molecule has 1 aromatic heterocycles. The van der Waals surface area contributed by atoms with Crippen LogP contribution in [0.2, 0.25) is 10.0 Å². The van der Waals surface area contributed by atoms with Gasteiger partial charge in [-0.3, -0.25) is 0 Å². The summed E-state index contributed by atoms with van der Waals surface area (Å²) >= 11 is 12.8. The van der Waals surface area contributed by atoms with Crippen LogP contribution in [-0.4, -0.2) is 16.1 Å². The van der Waals surface area contributed by atoms with Gasteiger partial charge < -0.3 is 10.8 Å². The molecule has 0 saturated heterocycles. The molecule has 3 N–H and O–H groups in total. The molecule has 0 atom stereocenters. The molecule has 4 nitrogen and oxygen atoms in total. The molecule has 7 heteroatoms. The predicted octanol–water partition coefficient (Wildman–Crippen LogP) is 3.40. The average molecular weight is 289 g/mol. The number of nitrogens with two attached hydrogens (primary N) is 1. The molecular weight excluding hydrogens is 283 g/mol. The number of anilines is 1. The van der Waals surface area contributed by atoms with E-state index >= 15 is 0 Å². The van der Waals surface area contributed by atoms with Gasteiger partial charge in [0.1, 0.15) is 0 Å². The van der Waals surface area contributed by atoms with Crippen LogP contribution in [0.5, 0.6) is 0 Å². The molecule has 0 aliphatic carbocycles. The number of carbonyl (C=O) groups is 1. The highest BCUT2D eigenvalue weighted by atomic mass is 35.5. The second-order valence-corrected chi connectivity index (χ2v) is 5.01. The molecule has 0 spiro atoms. The molecule has 1 heterocycles. The summed E-state index contributed by atoms with van der Waals surface area (Å²) in [5.74, 6) is -1.13. The second-order valence-electron chi connectivity index (χ2n) is 3.16. The summed E-state index contributed by atoms with van der Waals surface area (Å²) in [4.78, 5) is 15.2. The Hall–Kier alpha value is -1.30. The molecule has 0 unspecified atom stereocenters. The lowest BCUT2D eigenvalue weighted by Gasteiger charge is -2.01. The lowest BCUT2D eigenvalue weighted by Crippen LogP contribution is -1.99. The van der Waals surface area contributed by atoms with Crippen LogP contribution < -0.4 is 5.73 Å². The van der Waals surface area contributed by atoms with E-state index in [4.69, 9.17) is 34.0 Å². The molecule has 1 aromatic carbocycles. The van der Waals surface area contributed by atoms with Crippen molar-refractivity contribution in [1.29, 1.82) is 0 Å². The van der Waals surface area contributed by atoms with Gasteiger partial charge in [-0.1, -0.05) is 40.6 Å². The van der Waals surface area contributed by atoms with Gasteiger partial charge in [0.25, 0.3) is 0 Å². The number of halogens is 2. The van der Waals surface area contributed by atoms with Crippen molar-refractivity contribution in [2.24, 2.45) is 0 Å². The molecule has 2 aromatic rings. The van der Waals surface area contributed by atoms with E-state index in [0.29, 0.717) is 20.5 Å². The Balaban J connectivity index is 2.59. The minimum Gasteiger partial charge on any atom is -0.476 e. The topological polar surface area (TPSA) is 76.2 Å². The molecule has 0 radical (unpaired) electrons. The number of aromatic carboxylic acids is 1. The van der Waals surface area contributed by atoms with Gasteiger partial charge in [-0.15, -0.1) is 0 Å². The lowest BCUT2D eigenvalue weighted by atomic mass is 10.1. The Labute approximate surface area is 111 Å². The molecular formula is C10H6Cl2N2O2S. The number of carboxylic acid groups (broad SMARTS) is 1. The first-order valence-electron chi connectivity index (χ1n) is 4.44. The maximum absolute atomic E-state index is 11.0. The van der Waals surface area contributed by atoms with Crippen LogP contribution in [-0.2, 0) is 0 Å². The second kappa shape index (κ2) is 4.52. The van der Waals surface area contributed by atoms with E-state index in [1.807, 2.05) is 0 Å². The molecule has 0 bridgehead atoms. The van der Waals surface area contributed by atoms with Gasteiger partial charge in [0, 0.05) is 0 Å². The van der Waals surface area contributed by atoms with Gasteiger partial charge in [-0.2, -0.15) is 0 Å². The lowest BCUT2D eigenvalue weighted by molar-refractivity contribution is 0.0692. The van der Waals surface area contributed by atoms with E-state index in [1.54, 1.807) is 18.2 Å². The molecule has 0 aliphatic heterocycles. The SMILES string of the molecule is Nc1nc(C(=O)O)c(-c2ccc(Cl)c(Cl)c2)s1. The fourth-order valence-electron chi connectivity index (χ4n) is 1.31. The molecule has 0 amide bonds. The number of rotatable bonds is 2. The average Bonchev–Trinajstić information content (AvgIpc) is 2.64. The largest absolute Gasteiger partial charge is 0.476 e. The van der Waals surface area contributed by atoms with Crippen molar-refractivity contribution in [1.82, 2.24) is 4.98 Å². The molecule has 0 fully saturated rings. The van der Waals surface area contributed by atoms with Crippen molar-refractivity contribution in [3.63, 3.8) is 0 Å². The minimum atomic E-state index is -1.13. The number of thiazole rings is 1. The summed E-state index contributed by atoms with van der Waals surface area (Å²) in [6.45, 7) is 0. The van der Waals surface area contributed by atoms with E-state index < -0.39 is 5.97 Å². The zero-order valence-corrected chi connectivity index (χ0v) is 10.6.